The van der Waals surface area contributed by atoms with Crippen LogP contribution in [0.25, 0.3) is 0 Å². The lowest BCUT2D eigenvalue weighted by Crippen LogP contribution is -2.48. The van der Waals surface area contributed by atoms with Crippen LogP contribution in [0.5, 0.6) is 0 Å². The number of fused-ring (bicyclic) bond motifs is 1. The minimum atomic E-state index is -1.36. The van der Waals surface area contributed by atoms with Gasteiger partial charge in [-0.25, -0.2) is 14.4 Å². The third-order valence-electron chi connectivity index (χ3n) is 5.95. The van der Waals surface area contributed by atoms with Crippen molar-refractivity contribution in [2.24, 2.45) is 5.41 Å². The number of ether oxygens (including phenoxy) is 2. The molecule has 0 saturated carbocycles. The smallest absolute Gasteiger partial charge is 0.415 e. The van der Waals surface area contributed by atoms with E-state index < -0.39 is 36.1 Å². The Morgan fingerprint density at radius 1 is 0.816 bits per heavy atom. The van der Waals surface area contributed by atoms with E-state index in [0.29, 0.717) is 11.3 Å². The highest BCUT2D eigenvalue weighted by Gasteiger charge is 2.43. The van der Waals surface area contributed by atoms with Crippen molar-refractivity contribution in [3.05, 3.63) is 102 Å². The summed E-state index contributed by atoms with van der Waals surface area (Å²) in [6.45, 7) is -0.677. The maximum Gasteiger partial charge on any atom is 0.415 e. The number of rotatable bonds is 6. The van der Waals surface area contributed by atoms with Crippen LogP contribution < -0.4 is 10.6 Å². The second kappa shape index (κ2) is 12.2. The number of carbonyl (C=O) groups is 5. The number of ketones is 1. The van der Waals surface area contributed by atoms with Crippen molar-refractivity contribution >= 4 is 41.6 Å². The van der Waals surface area contributed by atoms with E-state index in [1.54, 1.807) is 60.7 Å². The third kappa shape index (κ3) is 6.46. The van der Waals surface area contributed by atoms with Crippen molar-refractivity contribution in [3.8, 4) is 0 Å². The number of Topliss-reactive ketones (excluding diaryl/α,β-unsaturated/α-hetero) is 1. The Balaban J connectivity index is 1.47. The highest BCUT2D eigenvalue weighted by molar-refractivity contribution is 7.99. The number of nitrogens with one attached hydrogen (secondary N) is 2. The molecule has 1 aliphatic rings. The Morgan fingerprint density at radius 2 is 1.45 bits per heavy atom. The van der Waals surface area contributed by atoms with Crippen LogP contribution in [0.15, 0.2) is 89.8 Å². The molecule has 4 rings (SSSR count). The normalized spacial score (nSPS) is 16.4. The van der Waals surface area contributed by atoms with Crippen molar-refractivity contribution in [2.75, 3.05) is 18.9 Å². The summed E-state index contributed by atoms with van der Waals surface area (Å²) in [5.74, 6) is -1.34. The lowest BCUT2D eigenvalue weighted by molar-refractivity contribution is 0.0522. The number of thioether (sulfide) groups is 1. The molecule has 0 aliphatic carbocycles. The molecule has 3 aromatic carbocycles. The van der Waals surface area contributed by atoms with E-state index in [0.717, 1.165) is 4.90 Å². The predicted molar refractivity (Wildman–Crippen MR) is 139 cm³/mol. The van der Waals surface area contributed by atoms with E-state index in [2.05, 4.69) is 10.6 Å². The van der Waals surface area contributed by atoms with Gasteiger partial charge in [0.25, 0.3) is 5.91 Å². The summed E-state index contributed by atoms with van der Waals surface area (Å²) in [5, 5.41) is 4.62. The van der Waals surface area contributed by atoms with Gasteiger partial charge in [0.05, 0.1) is 11.0 Å². The number of imide groups is 1. The van der Waals surface area contributed by atoms with Crippen molar-refractivity contribution in [3.63, 3.8) is 0 Å². The molecule has 194 valence electrons. The summed E-state index contributed by atoms with van der Waals surface area (Å²) in [4.78, 5) is 64.0. The third-order valence-corrected chi connectivity index (χ3v) is 7.02. The van der Waals surface area contributed by atoms with E-state index in [-0.39, 0.29) is 29.9 Å². The molecule has 3 amide bonds. The molecule has 2 N–H and O–H groups in total. The maximum absolute atomic E-state index is 13.7. The zero-order valence-electron chi connectivity index (χ0n) is 20.2. The second-order valence-corrected chi connectivity index (χ2v) is 9.63. The Hall–Kier alpha value is -4.44. The SMILES string of the molecule is O=C(NC(=O)c1ccccc1)OCC1(CNC(=O)OC(=O)c2ccccc2)CCSc2ccccc2C1=O. The van der Waals surface area contributed by atoms with Crippen LogP contribution >= 0.6 is 11.8 Å². The van der Waals surface area contributed by atoms with Crippen molar-refractivity contribution in [2.45, 2.75) is 11.3 Å². The van der Waals surface area contributed by atoms with Gasteiger partial charge in [-0.1, -0.05) is 54.6 Å². The van der Waals surface area contributed by atoms with Gasteiger partial charge in [-0.2, -0.15) is 0 Å². The molecule has 3 aromatic rings. The summed E-state index contributed by atoms with van der Waals surface area (Å²) in [7, 11) is 0. The lowest BCUT2D eigenvalue weighted by Gasteiger charge is -2.30. The Morgan fingerprint density at radius 3 is 2.16 bits per heavy atom. The molecular weight excluding hydrogens is 508 g/mol. The quantitative estimate of drug-likeness (QED) is 0.351. The largest absolute Gasteiger partial charge is 0.448 e. The van der Waals surface area contributed by atoms with Crippen LogP contribution in [0.2, 0.25) is 0 Å². The summed E-state index contributed by atoms with van der Waals surface area (Å²) < 4.78 is 10.2. The molecule has 0 aromatic heterocycles. The first-order chi connectivity index (χ1) is 18.4. The Kier molecular flexibility index (Phi) is 8.55. The van der Waals surface area contributed by atoms with Crippen molar-refractivity contribution in [1.29, 1.82) is 0 Å². The summed E-state index contributed by atoms with van der Waals surface area (Å²) in [6, 6.07) is 23.1. The van der Waals surface area contributed by atoms with Gasteiger partial charge in [-0.3, -0.25) is 14.9 Å². The molecule has 0 bridgehead atoms. The molecule has 0 fully saturated rings. The number of benzene rings is 3. The van der Waals surface area contributed by atoms with Gasteiger partial charge in [0.15, 0.2) is 5.78 Å². The van der Waals surface area contributed by atoms with Crippen LogP contribution in [0.1, 0.15) is 37.5 Å². The topological polar surface area (TPSA) is 128 Å². The first-order valence-electron chi connectivity index (χ1n) is 11.7. The zero-order chi connectivity index (χ0) is 27.0. The van der Waals surface area contributed by atoms with E-state index in [1.807, 2.05) is 12.1 Å². The standard InChI is InChI=1S/C28H24N2O7S/c31-23-21-13-7-8-14-22(21)38-16-15-28(23,17-29-26(34)37-25(33)20-11-5-2-6-12-20)18-36-27(35)30-24(32)19-9-3-1-4-10-19/h1-14H,15-18H2,(H,29,34)(H,30,32,35). The van der Waals surface area contributed by atoms with Crippen molar-refractivity contribution in [1.82, 2.24) is 10.6 Å². The van der Waals surface area contributed by atoms with Gasteiger partial charge in [0.2, 0.25) is 0 Å². The number of amides is 3. The van der Waals surface area contributed by atoms with Crippen LogP contribution in [0.3, 0.4) is 0 Å². The van der Waals surface area contributed by atoms with Gasteiger partial charge >= 0.3 is 18.2 Å². The van der Waals surface area contributed by atoms with Gasteiger partial charge in [-0.05, 0) is 42.5 Å². The average Bonchev–Trinajstić information content (AvgIpc) is 3.08. The Labute approximate surface area is 222 Å². The molecule has 0 radical (unpaired) electrons. The zero-order valence-corrected chi connectivity index (χ0v) is 21.0. The molecule has 0 saturated heterocycles. The minimum Gasteiger partial charge on any atom is -0.448 e. The summed E-state index contributed by atoms with van der Waals surface area (Å²) >= 11 is 1.47. The minimum absolute atomic E-state index is 0.191. The fourth-order valence-electron chi connectivity index (χ4n) is 3.88. The monoisotopic (exact) mass is 532 g/mol. The highest BCUT2D eigenvalue weighted by Crippen LogP contribution is 2.38. The molecular formula is C28H24N2O7S. The Bertz CT molecular complexity index is 1280. The molecule has 1 atom stereocenters. The number of carbonyl (C=O) groups excluding carboxylic acids is 5. The van der Waals surface area contributed by atoms with Gasteiger partial charge in [0.1, 0.15) is 6.61 Å². The van der Waals surface area contributed by atoms with Crippen LogP contribution in [-0.2, 0) is 9.47 Å². The summed E-state index contributed by atoms with van der Waals surface area (Å²) in [6.07, 6.45) is -1.82. The maximum atomic E-state index is 13.7. The average molecular weight is 533 g/mol. The molecule has 10 heteroatoms. The first-order valence-corrected chi connectivity index (χ1v) is 12.7. The molecule has 1 aliphatic heterocycles. The fourth-order valence-corrected chi connectivity index (χ4v) is 5.09. The van der Waals surface area contributed by atoms with Gasteiger partial charge in [-0.15, -0.1) is 11.8 Å². The van der Waals surface area contributed by atoms with E-state index >= 15 is 0 Å². The predicted octanol–water partition coefficient (Wildman–Crippen LogP) is 4.48. The van der Waals surface area contributed by atoms with Gasteiger partial charge < -0.3 is 14.8 Å². The molecule has 0 spiro atoms. The summed E-state index contributed by atoms with van der Waals surface area (Å²) in [5.41, 5.74) is -0.476. The second-order valence-electron chi connectivity index (χ2n) is 8.50. The van der Waals surface area contributed by atoms with E-state index in [4.69, 9.17) is 9.47 Å². The highest BCUT2D eigenvalue weighted by atomic mass is 32.2. The number of esters is 1. The molecule has 1 unspecified atom stereocenters. The van der Waals surface area contributed by atoms with Crippen LogP contribution in [0.4, 0.5) is 9.59 Å². The van der Waals surface area contributed by atoms with E-state index in [9.17, 15) is 24.0 Å². The fraction of sp³-hybridized carbons (Fsp3) is 0.179. The van der Waals surface area contributed by atoms with Crippen LogP contribution in [0, 0.1) is 5.41 Å². The molecule has 1 heterocycles. The van der Waals surface area contributed by atoms with Crippen LogP contribution in [-0.4, -0.2) is 48.8 Å². The lowest BCUT2D eigenvalue weighted by atomic mass is 9.78. The first kappa shape index (κ1) is 26.6. The number of alkyl carbamates (subject to hydrolysis) is 2. The molecule has 38 heavy (non-hydrogen) atoms. The molecule has 9 nitrogen and oxygen atoms in total. The van der Waals surface area contributed by atoms with Crippen molar-refractivity contribution < 1.29 is 33.4 Å². The number of hydrogen-bond donors (Lipinski definition) is 2. The number of hydrogen-bond acceptors (Lipinski definition) is 8. The van der Waals surface area contributed by atoms with Gasteiger partial charge in [0, 0.05) is 22.6 Å². The van der Waals surface area contributed by atoms with E-state index in [1.165, 1.54) is 23.9 Å².